The van der Waals surface area contributed by atoms with Crippen molar-refractivity contribution in [1.29, 1.82) is 0 Å². The number of para-hydroxylation sites is 1. The highest BCUT2D eigenvalue weighted by molar-refractivity contribution is 6.32. The lowest BCUT2D eigenvalue weighted by Gasteiger charge is -2.15. The van der Waals surface area contributed by atoms with Crippen molar-refractivity contribution >= 4 is 34.6 Å². The Bertz CT molecular complexity index is 1190. The number of hydrogen-bond donors (Lipinski definition) is 4. The Morgan fingerprint density at radius 1 is 1.00 bits per heavy atom. The van der Waals surface area contributed by atoms with Gasteiger partial charge in [-0.1, -0.05) is 35.9 Å². The van der Waals surface area contributed by atoms with E-state index in [2.05, 4.69) is 21.2 Å². The fraction of sp³-hybridized carbons (Fsp3) is 0.259. The van der Waals surface area contributed by atoms with Crippen molar-refractivity contribution in [3.8, 4) is 11.5 Å². The number of benzene rings is 3. The van der Waals surface area contributed by atoms with E-state index >= 15 is 0 Å². The first-order chi connectivity index (χ1) is 17.6. The minimum Gasteiger partial charge on any atom is -0.491 e. The number of rotatable bonds is 12. The second-order valence-electron chi connectivity index (χ2n) is 8.27. The first-order valence-corrected chi connectivity index (χ1v) is 12.2. The van der Waals surface area contributed by atoms with Gasteiger partial charge in [0.2, 0.25) is 5.91 Å². The highest BCUT2D eigenvalue weighted by atomic mass is 35.5. The number of nitrogens with one attached hydrogen (secondary N) is 3. The van der Waals surface area contributed by atoms with Crippen molar-refractivity contribution in [2.24, 2.45) is 5.10 Å². The van der Waals surface area contributed by atoms with E-state index in [4.69, 9.17) is 21.1 Å². The van der Waals surface area contributed by atoms with Gasteiger partial charge in [-0.15, -0.1) is 0 Å². The fourth-order valence-electron chi connectivity index (χ4n) is 3.58. The predicted octanol–water partition coefficient (Wildman–Crippen LogP) is 4.11. The van der Waals surface area contributed by atoms with Crippen LogP contribution in [0, 0.1) is 0 Å². The number of ether oxygens (including phenoxy) is 2. The third kappa shape index (κ3) is 7.71. The Hall–Kier alpha value is -3.59. The van der Waals surface area contributed by atoms with Crippen LogP contribution < -0.4 is 25.5 Å². The van der Waals surface area contributed by atoms with E-state index < -0.39 is 6.10 Å². The zero-order chi connectivity index (χ0) is 25.2. The van der Waals surface area contributed by atoms with Gasteiger partial charge in [0.1, 0.15) is 30.8 Å². The van der Waals surface area contributed by atoms with Crippen LogP contribution in [0.3, 0.4) is 0 Å². The van der Waals surface area contributed by atoms with Gasteiger partial charge < -0.3 is 25.2 Å². The zero-order valence-corrected chi connectivity index (χ0v) is 20.5. The number of anilines is 2. The van der Waals surface area contributed by atoms with Crippen LogP contribution in [0.5, 0.6) is 11.5 Å². The number of amides is 1. The van der Waals surface area contributed by atoms with Crippen molar-refractivity contribution in [2.75, 3.05) is 31.6 Å². The van der Waals surface area contributed by atoms with Crippen LogP contribution in [-0.2, 0) is 4.79 Å². The maximum atomic E-state index is 11.2. The molecule has 4 rings (SSSR count). The SMILES string of the molecule is O=C1CCC(c2ccc(OCCNCC(O)COc3cccc(Nc4ccccc4)c3)c(Cl)c2)=NN1. The Balaban J connectivity index is 1.14. The molecule has 1 aliphatic rings. The molecule has 188 valence electrons. The first-order valence-electron chi connectivity index (χ1n) is 11.8. The molecule has 36 heavy (non-hydrogen) atoms. The highest BCUT2D eigenvalue weighted by Crippen LogP contribution is 2.26. The van der Waals surface area contributed by atoms with Gasteiger partial charge in [-0.05, 0) is 48.0 Å². The molecule has 1 amide bonds. The molecule has 4 N–H and O–H groups in total. The number of carbonyl (C=O) groups is 1. The van der Waals surface area contributed by atoms with Crippen LogP contribution in [0.4, 0.5) is 11.4 Å². The lowest BCUT2D eigenvalue weighted by atomic mass is 10.0. The maximum absolute atomic E-state index is 11.2. The summed E-state index contributed by atoms with van der Waals surface area (Å²) in [6.45, 7) is 1.45. The number of aliphatic hydroxyl groups is 1. The number of hydrogen-bond acceptors (Lipinski definition) is 7. The normalized spacial score (nSPS) is 13.9. The average molecular weight is 509 g/mol. The Morgan fingerprint density at radius 2 is 1.83 bits per heavy atom. The summed E-state index contributed by atoms with van der Waals surface area (Å²) in [6, 6.07) is 23.0. The molecule has 0 aromatic heterocycles. The number of nitrogens with zero attached hydrogens (tertiary/aromatic N) is 1. The summed E-state index contributed by atoms with van der Waals surface area (Å²) in [5.74, 6) is 1.16. The monoisotopic (exact) mass is 508 g/mol. The largest absolute Gasteiger partial charge is 0.491 e. The standard InChI is InChI=1S/C27H29ClN4O4/c28-24-15-19(25-10-12-27(34)32-31-25)9-11-26(24)35-14-13-29-17-22(33)18-36-23-8-4-7-21(16-23)30-20-5-2-1-3-6-20/h1-9,11,15-16,22,29-30,33H,10,12-14,17-18H2,(H,32,34). The molecular weight excluding hydrogens is 480 g/mol. The summed E-state index contributed by atoms with van der Waals surface area (Å²) >= 11 is 6.35. The second kappa shape index (κ2) is 12.9. The quantitative estimate of drug-likeness (QED) is 0.274. The van der Waals surface area contributed by atoms with Crippen LogP contribution >= 0.6 is 11.6 Å². The van der Waals surface area contributed by atoms with Crippen molar-refractivity contribution in [2.45, 2.75) is 18.9 Å². The number of carbonyl (C=O) groups excluding carboxylic acids is 1. The van der Waals surface area contributed by atoms with Crippen molar-refractivity contribution in [3.05, 3.63) is 83.4 Å². The van der Waals surface area contributed by atoms with Gasteiger partial charge in [-0.3, -0.25) is 4.79 Å². The van der Waals surface area contributed by atoms with Gasteiger partial charge in [-0.25, -0.2) is 5.43 Å². The minimum atomic E-state index is -0.671. The van der Waals surface area contributed by atoms with E-state index in [0.29, 0.717) is 49.1 Å². The molecule has 0 radical (unpaired) electrons. The summed E-state index contributed by atoms with van der Waals surface area (Å²) in [5, 5.41) is 21.3. The molecule has 0 bridgehead atoms. The molecule has 3 aromatic carbocycles. The van der Waals surface area contributed by atoms with Crippen molar-refractivity contribution < 1.29 is 19.4 Å². The Kier molecular flexibility index (Phi) is 9.15. The third-order valence-electron chi connectivity index (χ3n) is 5.42. The van der Waals surface area contributed by atoms with E-state index in [0.717, 1.165) is 22.6 Å². The molecule has 9 heteroatoms. The Morgan fingerprint density at radius 3 is 2.61 bits per heavy atom. The number of halogens is 1. The molecule has 3 aromatic rings. The summed E-state index contributed by atoms with van der Waals surface area (Å²) in [6.07, 6.45) is 0.319. The maximum Gasteiger partial charge on any atom is 0.240 e. The van der Waals surface area contributed by atoms with Crippen molar-refractivity contribution in [1.82, 2.24) is 10.7 Å². The van der Waals surface area contributed by atoms with Crippen LogP contribution in [0.1, 0.15) is 18.4 Å². The topological polar surface area (TPSA) is 104 Å². The van der Waals surface area contributed by atoms with Gasteiger partial charge in [0.25, 0.3) is 0 Å². The van der Waals surface area contributed by atoms with Crippen LogP contribution in [0.15, 0.2) is 77.9 Å². The molecular formula is C27H29ClN4O4. The summed E-state index contributed by atoms with van der Waals surface area (Å²) in [7, 11) is 0. The molecule has 8 nitrogen and oxygen atoms in total. The molecule has 1 heterocycles. The molecule has 0 saturated carbocycles. The first kappa shape index (κ1) is 25.5. The molecule has 0 fully saturated rings. The van der Waals surface area contributed by atoms with Crippen LogP contribution in [0.2, 0.25) is 5.02 Å². The lowest BCUT2D eigenvalue weighted by Crippen LogP contribution is -2.33. The van der Waals surface area contributed by atoms with Gasteiger partial charge in [-0.2, -0.15) is 5.10 Å². The summed E-state index contributed by atoms with van der Waals surface area (Å²) in [5.41, 5.74) is 6.04. The number of aliphatic hydroxyl groups excluding tert-OH is 1. The molecule has 0 spiro atoms. The zero-order valence-electron chi connectivity index (χ0n) is 19.7. The van der Waals surface area contributed by atoms with Crippen LogP contribution in [0.25, 0.3) is 0 Å². The predicted molar refractivity (Wildman–Crippen MR) is 141 cm³/mol. The van der Waals surface area contributed by atoms with E-state index in [1.54, 1.807) is 12.1 Å². The second-order valence-corrected chi connectivity index (χ2v) is 8.68. The van der Waals surface area contributed by atoms with Gasteiger partial charge in [0.15, 0.2) is 0 Å². The molecule has 1 atom stereocenters. The molecule has 0 aliphatic carbocycles. The Labute approximate surface area is 215 Å². The average Bonchev–Trinajstić information content (AvgIpc) is 2.89. The van der Waals surface area contributed by atoms with Crippen LogP contribution in [-0.4, -0.2) is 49.1 Å². The lowest BCUT2D eigenvalue weighted by molar-refractivity contribution is -0.121. The van der Waals surface area contributed by atoms with Gasteiger partial charge in [0, 0.05) is 43.4 Å². The molecule has 1 aliphatic heterocycles. The van der Waals surface area contributed by atoms with E-state index in [-0.39, 0.29) is 12.5 Å². The van der Waals surface area contributed by atoms with Crippen molar-refractivity contribution in [3.63, 3.8) is 0 Å². The van der Waals surface area contributed by atoms with E-state index in [1.807, 2.05) is 60.7 Å². The fourth-order valence-corrected chi connectivity index (χ4v) is 3.82. The molecule has 0 saturated heterocycles. The summed E-state index contributed by atoms with van der Waals surface area (Å²) < 4.78 is 11.5. The molecule has 1 unspecified atom stereocenters. The highest BCUT2D eigenvalue weighted by Gasteiger charge is 2.14. The van der Waals surface area contributed by atoms with Gasteiger partial charge in [0.05, 0.1) is 10.7 Å². The third-order valence-corrected chi connectivity index (χ3v) is 5.72. The van der Waals surface area contributed by atoms with E-state index in [1.165, 1.54) is 0 Å². The number of hydrazone groups is 1. The van der Waals surface area contributed by atoms with Gasteiger partial charge >= 0.3 is 0 Å². The summed E-state index contributed by atoms with van der Waals surface area (Å²) in [4.78, 5) is 11.2. The minimum absolute atomic E-state index is 0.0840. The van der Waals surface area contributed by atoms with E-state index in [9.17, 15) is 9.90 Å². The smallest absolute Gasteiger partial charge is 0.240 e.